The van der Waals surface area contributed by atoms with Crippen molar-refractivity contribution in [1.82, 2.24) is 19.1 Å². The number of para-hydroxylation sites is 2. The first-order chi connectivity index (χ1) is 26.1. The van der Waals surface area contributed by atoms with Gasteiger partial charge in [0.05, 0.1) is 73.1 Å². The van der Waals surface area contributed by atoms with Crippen molar-refractivity contribution < 1.29 is 77.9 Å². The number of hydrogen-bond donors (Lipinski definition) is 2. The van der Waals surface area contributed by atoms with Crippen molar-refractivity contribution >= 4 is 57.7 Å². The summed E-state index contributed by atoms with van der Waals surface area (Å²) in [6.07, 6.45) is 2.32. The summed E-state index contributed by atoms with van der Waals surface area (Å²) in [6.45, 7) is 4.56. The number of imidazole rings is 2. The Kier molecular flexibility index (Phi) is 20.7. The largest absolute Gasteiger partial charge is 0.493 e. The zero-order chi connectivity index (χ0) is 40.1. The number of sulfone groups is 2. The fourth-order valence-electron chi connectivity index (χ4n) is 6.35. The van der Waals surface area contributed by atoms with Crippen LogP contribution in [0.5, 0.6) is 23.0 Å². The second-order valence-corrected chi connectivity index (χ2v) is 18.0. The molecule has 0 unspecified atom stereocenters. The number of fused-ring (bicyclic) bond motifs is 2. The van der Waals surface area contributed by atoms with Crippen molar-refractivity contribution in [3.8, 4) is 23.0 Å². The Morgan fingerprint density at radius 1 is 0.610 bits per heavy atom. The van der Waals surface area contributed by atoms with Crippen LogP contribution in [0.3, 0.4) is 0 Å². The number of rotatable bonds is 14. The molecule has 6 rings (SSSR count). The van der Waals surface area contributed by atoms with Crippen molar-refractivity contribution in [3.63, 3.8) is 0 Å². The smallest absolute Gasteiger partial charge is 0.327 e. The maximum absolute atomic E-state index is 12.7. The molecule has 322 valence electrons. The Hall–Kier alpha value is -3.62. The van der Waals surface area contributed by atoms with Gasteiger partial charge in [-0.25, -0.2) is 26.4 Å². The van der Waals surface area contributed by atoms with E-state index in [2.05, 4.69) is 25.9 Å². The first-order valence-corrected chi connectivity index (χ1v) is 22.0. The maximum Gasteiger partial charge on any atom is 0.327 e. The molecule has 0 amide bonds. The fourth-order valence-corrected chi connectivity index (χ4v) is 8.54. The van der Waals surface area contributed by atoms with Crippen LogP contribution in [0.2, 0.25) is 0 Å². The third-order valence-corrected chi connectivity index (χ3v) is 10.9. The molecule has 0 saturated carbocycles. The summed E-state index contributed by atoms with van der Waals surface area (Å²) in [7, 11) is -3.68. The average molecular weight is 1260 g/mol. The molecule has 2 heterocycles. The maximum atomic E-state index is 12.7. The fraction of sp³-hybridized carbons (Fsp3) is 0.300. The summed E-state index contributed by atoms with van der Waals surface area (Å²) in [4.78, 5) is 30.9. The van der Waals surface area contributed by atoms with E-state index in [-0.39, 0.29) is 79.9 Å². The molecule has 2 N–H and O–H groups in total. The van der Waals surface area contributed by atoms with Gasteiger partial charge >= 0.3 is 11.4 Å². The summed E-state index contributed by atoms with van der Waals surface area (Å²) >= 11 is 3.38. The summed E-state index contributed by atoms with van der Waals surface area (Å²) in [5.74, 6) is 1.64. The molecule has 19 heteroatoms. The minimum absolute atomic E-state index is 0. The van der Waals surface area contributed by atoms with Gasteiger partial charge in [0.1, 0.15) is 19.7 Å². The number of ether oxygens (including phenoxy) is 4. The molecule has 0 aliphatic rings. The van der Waals surface area contributed by atoms with E-state index >= 15 is 0 Å². The van der Waals surface area contributed by atoms with Gasteiger partial charge in [-0.3, -0.25) is 9.13 Å². The molecule has 59 heavy (non-hydrogen) atoms. The van der Waals surface area contributed by atoms with Gasteiger partial charge in [0.15, 0.2) is 23.0 Å². The Bertz CT molecular complexity index is 2660. The van der Waals surface area contributed by atoms with Gasteiger partial charge in [-0.2, -0.15) is 0 Å². The normalized spacial score (nSPS) is 12.0. The zero-order valence-electron chi connectivity index (χ0n) is 34.0. The molecule has 2 atom stereocenters. The van der Waals surface area contributed by atoms with Crippen molar-refractivity contribution in [2.75, 3.05) is 51.5 Å². The Morgan fingerprint density at radius 2 is 1.03 bits per heavy atom. The molecular formula is C40H49BrN4O10S2W2-2. The Labute approximate surface area is 382 Å². The number of H-pyrrole nitrogens is 2. The number of methoxy groups -OCH3 is 2. The van der Waals surface area contributed by atoms with E-state index in [1.54, 1.807) is 60.7 Å². The molecule has 2 aromatic heterocycles. The predicted octanol–water partition coefficient (Wildman–Crippen LogP) is 6.40. The van der Waals surface area contributed by atoms with Gasteiger partial charge in [0, 0.05) is 59.1 Å². The third-order valence-electron chi connectivity index (χ3n) is 8.59. The number of aromatic amines is 2. The molecule has 14 nitrogen and oxygen atoms in total. The standard InChI is InChI=1S/C19H21BrN2O5S.C19H22N2O5S.2CH3.2W/c1-4-27-18-9-12(5-8-17(18)26-2)16(11-28(3,24)25)22-15-7-6-13(20)10-14(15)21-19(22)23;1-4-26-18-11-13(9-10-17(18)25-2)16(12-27(3,23)24)21-15-8-6-5-7-14(15)20-19(21)22;;;;/h5-10,16H,4,11H2,1-3H3,(H,21,23);5-11,16H,4,12H2,1-3H3,(H,20,22);2*1H3;;/q;;2*-1;;/t2*16-;;;;/m11..../s1. The van der Waals surface area contributed by atoms with E-state index in [4.69, 9.17) is 18.9 Å². The van der Waals surface area contributed by atoms with Gasteiger partial charge in [0.2, 0.25) is 0 Å². The monoisotopic (exact) mass is 1260 g/mol. The SMILES string of the molecule is CCOc1cc([C@@H](CS(C)(=O)=O)n2c(=O)[nH]c3cc(Br)ccc32)ccc1OC.CCOc1cc([C@@H](CS(C)(=O)=O)n2c(=O)[nH]c3ccccc32)ccc1OC.[CH3-].[CH3-].[W].[W]. The first kappa shape index (κ1) is 53.4. The molecule has 0 aliphatic carbocycles. The topological polar surface area (TPSA) is 181 Å². The summed E-state index contributed by atoms with van der Waals surface area (Å²) < 4.78 is 74.1. The average Bonchev–Trinajstić information content (AvgIpc) is 3.63. The van der Waals surface area contributed by atoms with Crippen LogP contribution >= 0.6 is 15.9 Å². The zero-order valence-corrected chi connectivity index (χ0v) is 43.1. The molecule has 4 aromatic carbocycles. The number of aromatic nitrogens is 4. The molecule has 0 saturated heterocycles. The van der Waals surface area contributed by atoms with Crippen LogP contribution in [0.25, 0.3) is 22.1 Å². The van der Waals surface area contributed by atoms with Gasteiger partial charge < -0.3 is 43.8 Å². The number of hydrogen-bond acceptors (Lipinski definition) is 10. The second kappa shape index (κ2) is 22.8. The van der Waals surface area contributed by atoms with Crippen molar-refractivity contribution in [2.24, 2.45) is 0 Å². The number of benzene rings is 4. The second-order valence-electron chi connectivity index (χ2n) is 12.7. The van der Waals surface area contributed by atoms with Gasteiger partial charge in [-0.1, -0.05) is 40.2 Å². The summed E-state index contributed by atoms with van der Waals surface area (Å²) in [5, 5.41) is 0. The van der Waals surface area contributed by atoms with E-state index < -0.39 is 31.8 Å². The number of nitrogens with zero attached hydrogens (tertiary/aromatic N) is 2. The van der Waals surface area contributed by atoms with Gasteiger partial charge in [0.25, 0.3) is 0 Å². The summed E-state index contributed by atoms with van der Waals surface area (Å²) in [6, 6.07) is 21.5. The number of nitrogens with one attached hydrogen (secondary N) is 2. The number of halogens is 1. The molecule has 0 aliphatic heterocycles. The van der Waals surface area contributed by atoms with E-state index in [9.17, 15) is 26.4 Å². The molecular weight excluding hydrogens is 1210 g/mol. The van der Waals surface area contributed by atoms with Gasteiger partial charge in [-0.15, -0.1) is 0 Å². The van der Waals surface area contributed by atoms with Crippen LogP contribution < -0.4 is 30.3 Å². The molecule has 6 aromatic rings. The van der Waals surface area contributed by atoms with E-state index in [1.807, 2.05) is 32.0 Å². The minimum Gasteiger partial charge on any atom is -0.493 e. The van der Waals surface area contributed by atoms with E-state index in [0.717, 1.165) is 17.0 Å². The molecule has 0 radical (unpaired) electrons. The van der Waals surface area contributed by atoms with Crippen LogP contribution in [0.15, 0.2) is 92.9 Å². The van der Waals surface area contributed by atoms with Crippen molar-refractivity contribution in [3.05, 3.63) is 130 Å². The predicted molar refractivity (Wildman–Crippen MR) is 230 cm³/mol. The molecule has 0 bridgehead atoms. The minimum atomic E-state index is -3.39. The van der Waals surface area contributed by atoms with Crippen LogP contribution in [0, 0.1) is 14.9 Å². The quantitative estimate of drug-likeness (QED) is 0.116. The third kappa shape index (κ3) is 13.2. The van der Waals surface area contributed by atoms with E-state index in [0.29, 0.717) is 69.4 Å². The van der Waals surface area contributed by atoms with Crippen LogP contribution in [0.1, 0.15) is 37.1 Å². The van der Waals surface area contributed by atoms with Crippen LogP contribution in [0.4, 0.5) is 0 Å². The van der Waals surface area contributed by atoms with E-state index in [1.165, 1.54) is 23.4 Å². The Morgan fingerprint density at radius 3 is 1.46 bits per heavy atom. The molecule has 0 spiro atoms. The molecule has 0 fully saturated rings. The summed E-state index contributed by atoms with van der Waals surface area (Å²) in [5.41, 5.74) is 3.09. The van der Waals surface area contributed by atoms with Crippen LogP contribution in [-0.2, 0) is 61.8 Å². The Balaban J connectivity index is 0.000000553. The van der Waals surface area contributed by atoms with Crippen LogP contribution in [-0.4, -0.2) is 87.4 Å². The van der Waals surface area contributed by atoms with Crippen molar-refractivity contribution in [2.45, 2.75) is 25.9 Å². The van der Waals surface area contributed by atoms with Gasteiger partial charge in [-0.05, 0) is 79.6 Å². The van der Waals surface area contributed by atoms with Crippen molar-refractivity contribution in [1.29, 1.82) is 0 Å². The first-order valence-electron chi connectivity index (χ1n) is 17.1.